The fourth-order valence-corrected chi connectivity index (χ4v) is 2.07. The second-order valence-electron chi connectivity index (χ2n) is 3.02. The number of H-pyrrole nitrogens is 1. The summed E-state index contributed by atoms with van der Waals surface area (Å²) in [6.07, 6.45) is 1.83. The third-order valence-corrected chi connectivity index (χ3v) is 2.93. The number of nitrogens with one attached hydrogen (secondary N) is 1. The standard InChI is InChI=1S/C11H8N2OS/c1-15-11-9(6-12)7-4-2-3-5-8(7)10(14)13-11/h2-5H,1H3,(H,13,14). The first-order valence-electron chi connectivity index (χ1n) is 4.37. The van der Waals surface area contributed by atoms with Crippen LogP contribution in [0, 0.1) is 11.3 Å². The third-order valence-electron chi connectivity index (χ3n) is 2.21. The van der Waals surface area contributed by atoms with E-state index >= 15 is 0 Å². The van der Waals surface area contributed by atoms with Gasteiger partial charge in [0.05, 0.1) is 10.6 Å². The molecule has 4 heteroatoms. The van der Waals surface area contributed by atoms with Crippen molar-refractivity contribution in [2.45, 2.75) is 5.03 Å². The van der Waals surface area contributed by atoms with Gasteiger partial charge < -0.3 is 4.98 Å². The van der Waals surface area contributed by atoms with E-state index in [1.54, 1.807) is 18.2 Å². The van der Waals surface area contributed by atoms with Gasteiger partial charge >= 0.3 is 0 Å². The highest BCUT2D eigenvalue weighted by molar-refractivity contribution is 7.98. The first kappa shape index (κ1) is 9.81. The largest absolute Gasteiger partial charge is 0.315 e. The van der Waals surface area contributed by atoms with Crippen LogP contribution in [0.2, 0.25) is 0 Å². The lowest BCUT2D eigenvalue weighted by atomic mass is 10.1. The molecule has 0 aliphatic rings. The minimum absolute atomic E-state index is 0.144. The number of hydrogen-bond acceptors (Lipinski definition) is 3. The second-order valence-corrected chi connectivity index (χ2v) is 3.84. The lowest BCUT2D eigenvalue weighted by Crippen LogP contribution is -2.08. The highest BCUT2D eigenvalue weighted by Gasteiger charge is 2.09. The number of aromatic amines is 1. The zero-order valence-electron chi connectivity index (χ0n) is 8.07. The Hall–Kier alpha value is -1.73. The summed E-state index contributed by atoms with van der Waals surface area (Å²) in [5.41, 5.74) is 0.395. The van der Waals surface area contributed by atoms with Gasteiger partial charge in [-0.1, -0.05) is 18.2 Å². The highest BCUT2D eigenvalue weighted by atomic mass is 32.2. The highest BCUT2D eigenvalue weighted by Crippen LogP contribution is 2.22. The maximum Gasteiger partial charge on any atom is 0.256 e. The summed E-state index contributed by atoms with van der Waals surface area (Å²) < 4.78 is 0. The molecule has 0 spiro atoms. The zero-order chi connectivity index (χ0) is 10.8. The average Bonchev–Trinajstić information content (AvgIpc) is 2.29. The molecule has 2 aromatic rings. The van der Waals surface area contributed by atoms with Gasteiger partial charge in [0.25, 0.3) is 5.56 Å². The first-order chi connectivity index (χ1) is 7.27. The summed E-state index contributed by atoms with van der Waals surface area (Å²) in [7, 11) is 0. The molecule has 1 aromatic carbocycles. The van der Waals surface area contributed by atoms with Gasteiger partial charge in [-0.05, 0) is 12.3 Å². The van der Waals surface area contributed by atoms with Crippen molar-refractivity contribution in [2.75, 3.05) is 6.26 Å². The molecule has 1 N–H and O–H groups in total. The van der Waals surface area contributed by atoms with Gasteiger partial charge in [0.1, 0.15) is 6.07 Å². The molecule has 0 atom stereocenters. The van der Waals surface area contributed by atoms with Crippen LogP contribution in [0.4, 0.5) is 0 Å². The van der Waals surface area contributed by atoms with Gasteiger partial charge in [-0.25, -0.2) is 0 Å². The maximum atomic E-state index is 11.6. The molecule has 2 rings (SSSR count). The Morgan fingerprint density at radius 2 is 2.00 bits per heavy atom. The molecule has 1 aromatic heterocycles. The minimum Gasteiger partial charge on any atom is -0.315 e. The van der Waals surface area contributed by atoms with E-state index in [0.717, 1.165) is 0 Å². The number of hydrogen-bond donors (Lipinski definition) is 1. The Bertz CT molecular complexity index is 610. The number of thioether (sulfide) groups is 1. The monoisotopic (exact) mass is 216 g/mol. The van der Waals surface area contributed by atoms with Gasteiger partial charge in [-0.3, -0.25) is 4.79 Å². The predicted molar refractivity (Wildman–Crippen MR) is 61.1 cm³/mol. The van der Waals surface area contributed by atoms with Gasteiger partial charge in [-0.2, -0.15) is 5.26 Å². The lowest BCUT2D eigenvalue weighted by molar-refractivity contribution is 1.09. The Kier molecular flexibility index (Phi) is 2.48. The van der Waals surface area contributed by atoms with Crippen LogP contribution >= 0.6 is 11.8 Å². The summed E-state index contributed by atoms with van der Waals surface area (Å²) in [5, 5.41) is 11.0. The number of pyridine rings is 1. The van der Waals surface area contributed by atoms with Crippen molar-refractivity contribution >= 4 is 22.5 Å². The average molecular weight is 216 g/mol. The van der Waals surface area contributed by atoms with E-state index in [4.69, 9.17) is 5.26 Å². The summed E-state index contributed by atoms with van der Waals surface area (Å²) in [6, 6.07) is 9.26. The van der Waals surface area contributed by atoms with E-state index < -0.39 is 0 Å². The van der Waals surface area contributed by atoms with Crippen LogP contribution in [0.1, 0.15) is 5.56 Å². The lowest BCUT2D eigenvalue weighted by Gasteiger charge is -2.03. The molecule has 1 heterocycles. The van der Waals surface area contributed by atoms with E-state index in [9.17, 15) is 4.79 Å². The first-order valence-corrected chi connectivity index (χ1v) is 5.59. The molecule has 0 bridgehead atoms. The Labute approximate surface area is 90.7 Å². The maximum absolute atomic E-state index is 11.6. The molecule has 0 aliphatic carbocycles. The Balaban J connectivity index is 3.00. The van der Waals surface area contributed by atoms with E-state index in [2.05, 4.69) is 11.1 Å². The molecule has 0 saturated heterocycles. The summed E-state index contributed by atoms with van der Waals surface area (Å²) in [4.78, 5) is 14.4. The SMILES string of the molecule is CSc1[nH]c(=O)c2ccccc2c1C#N. The molecule has 15 heavy (non-hydrogen) atoms. The zero-order valence-corrected chi connectivity index (χ0v) is 8.89. The number of nitriles is 1. The number of rotatable bonds is 1. The number of fused-ring (bicyclic) bond motifs is 1. The minimum atomic E-state index is -0.144. The van der Waals surface area contributed by atoms with Crippen molar-refractivity contribution in [3.05, 3.63) is 40.2 Å². The van der Waals surface area contributed by atoms with Crippen molar-refractivity contribution in [1.82, 2.24) is 4.98 Å². The van der Waals surface area contributed by atoms with Crippen molar-refractivity contribution < 1.29 is 0 Å². The van der Waals surface area contributed by atoms with Crippen LogP contribution in [-0.4, -0.2) is 11.2 Å². The van der Waals surface area contributed by atoms with Crippen LogP contribution in [0.3, 0.4) is 0 Å². The van der Waals surface area contributed by atoms with Gasteiger partial charge in [-0.15, -0.1) is 11.8 Å². The van der Waals surface area contributed by atoms with E-state index in [1.807, 2.05) is 12.3 Å². The van der Waals surface area contributed by atoms with Crippen LogP contribution in [0.25, 0.3) is 10.8 Å². The van der Waals surface area contributed by atoms with Crippen LogP contribution in [0.15, 0.2) is 34.1 Å². The number of benzene rings is 1. The van der Waals surface area contributed by atoms with Crippen LogP contribution in [0.5, 0.6) is 0 Å². The second kappa shape index (κ2) is 3.79. The van der Waals surface area contributed by atoms with E-state index in [0.29, 0.717) is 21.4 Å². The summed E-state index contributed by atoms with van der Waals surface area (Å²) in [5.74, 6) is 0. The molecular formula is C11H8N2OS. The smallest absolute Gasteiger partial charge is 0.256 e. The molecule has 0 saturated carbocycles. The fraction of sp³-hybridized carbons (Fsp3) is 0.0909. The van der Waals surface area contributed by atoms with Crippen molar-refractivity contribution in [1.29, 1.82) is 5.26 Å². The summed E-state index contributed by atoms with van der Waals surface area (Å²) >= 11 is 1.37. The van der Waals surface area contributed by atoms with Crippen molar-refractivity contribution in [3.8, 4) is 6.07 Å². The molecule has 0 radical (unpaired) electrons. The number of nitrogens with zero attached hydrogens (tertiary/aromatic N) is 1. The van der Waals surface area contributed by atoms with Crippen molar-refractivity contribution in [3.63, 3.8) is 0 Å². The third kappa shape index (κ3) is 1.51. The Morgan fingerprint density at radius 3 is 2.60 bits per heavy atom. The van der Waals surface area contributed by atoms with Crippen LogP contribution in [-0.2, 0) is 0 Å². The molecule has 3 nitrogen and oxygen atoms in total. The van der Waals surface area contributed by atoms with E-state index in [1.165, 1.54) is 11.8 Å². The Morgan fingerprint density at radius 1 is 1.33 bits per heavy atom. The van der Waals surface area contributed by atoms with Gasteiger partial charge in [0, 0.05) is 10.8 Å². The quantitative estimate of drug-likeness (QED) is 0.743. The topological polar surface area (TPSA) is 56.6 Å². The van der Waals surface area contributed by atoms with Crippen molar-refractivity contribution in [2.24, 2.45) is 0 Å². The molecule has 74 valence electrons. The normalized spacial score (nSPS) is 10.1. The van der Waals surface area contributed by atoms with E-state index in [-0.39, 0.29) is 5.56 Å². The van der Waals surface area contributed by atoms with Gasteiger partial charge in [0.2, 0.25) is 0 Å². The summed E-state index contributed by atoms with van der Waals surface area (Å²) in [6.45, 7) is 0. The van der Waals surface area contributed by atoms with Gasteiger partial charge in [0.15, 0.2) is 0 Å². The molecule has 0 aliphatic heterocycles. The molecular weight excluding hydrogens is 208 g/mol. The molecule has 0 unspecified atom stereocenters. The number of aromatic nitrogens is 1. The fourth-order valence-electron chi connectivity index (χ4n) is 1.52. The molecule has 0 amide bonds. The van der Waals surface area contributed by atoms with Crippen LogP contribution < -0.4 is 5.56 Å². The molecule has 0 fully saturated rings. The predicted octanol–water partition coefficient (Wildman–Crippen LogP) is 2.12.